The van der Waals surface area contributed by atoms with Gasteiger partial charge in [0.1, 0.15) is 5.82 Å². The van der Waals surface area contributed by atoms with Crippen molar-refractivity contribution in [2.45, 2.75) is 63.3 Å². The SMILES string of the molecule is O=c1ccc(N2CCCCC2CNCc2ccc3[nH]ccc3c2)nn1C1CCCC1O. The van der Waals surface area contributed by atoms with E-state index in [0.29, 0.717) is 6.04 Å². The Morgan fingerprint density at radius 3 is 2.90 bits per heavy atom. The van der Waals surface area contributed by atoms with Crippen molar-refractivity contribution in [1.29, 1.82) is 0 Å². The van der Waals surface area contributed by atoms with E-state index in [1.807, 2.05) is 12.3 Å². The van der Waals surface area contributed by atoms with Gasteiger partial charge in [0.15, 0.2) is 0 Å². The number of nitrogens with one attached hydrogen (secondary N) is 2. The Hall–Kier alpha value is -2.64. The summed E-state index contributed by atoms with van der Waals surface area (Å²) in [5.41, 5.74) is 2.31. The molecule has 2 fully saturated rings. The third kappa shape index (κ3) is 4.25. The second-order valence-electron chi connectivity index (χ2n) is 8.91. The summed E-state index contributed by atoms with van der Waals surface area (Å²) >= 11 is 0. The number of aliphatic hydroxyl groups excluding tert-OH is 1. The topological polar surface area (TPSA) is 86.2 Å². The molecule has 0 radical (unpaired) electrons. The van der Waals surface area contributed by atoms with E-state index in [-0.39, 0.29) is 11.6 Å². The summed E-state index contributed by atoms with van der Waals surface area (Å²) in [6, 6.07) is 12.2. The zero-order chi connectivity index (χ0) is 21.2. The maximum absolute atomic E-state index is 12.4. The standard InChI is InChI=1S/C24H31N5O2/c30-22-6-3-5-21(22)29-24(31)10-9-23(27-29)28-13-2-1-4-19(28)16-25-15-17-7-8-20-18(14-17)11-12-26-20/h7-12,14,19,21-22,25-26,30H,1-6,13,15-16H2. The third-order valence-corrected chi connectivity index (χ3v) is 6.82. The monoisotopic (exact) mass is 421 g/mol. The number of fused-ring (bicyclic) bond motifs is 1. The molecule has 7 nitrogen and oxygen atoms in total. The Balaban J connectivity index is 1.28. The Kier molecular flexibility index (Phi) is 5.78. The van der Waals surface area contributed by atoms with E-state index in [0.717, 1.165) is 63.1 Å². The molecular weight excluding hydrogens is 390 g/mol. The average molecular weight is 422 g/mol. The van der Waals surface area contributed by atoms with Crippen LogP contribution in [0.5, 0.6) is 0 Å². The molecule has 31 heavy (non-hydrogen) atoms. The van der Waals surface area contributed by atoms with Crippen molar-refractivity contribution in [2.75, 3.05) is 18.0 Å². The lowest BCUT2D eigenvalue weighted by Gasteiger charge is -2.37. The predicted molar refractivity (Wildman–Crippen MR) is 122 cm³/mol. The molecule has 1 aliphatic heterocycles. The molecule has 0 spiro atoms. The highest BCUT2D eigenvalue weighted by atomic mass is 16.3. The fourth-order valence-corrected chi connectivity index (χ4v) is 5.12. The Morgan fingerprint density at radius 2 is 2.03 bits per heavy atom. The number of anilines is 1. The number of rotatable bonds is 6. The summed E-state index contributed by atoms with van der Waals surface area (Å²) in [6.07, 6.45) is 7.44. The lowest BCUT2D eigenvalue weighted by atomic mass is 10.0. The highest BCUT2D eigenvalue weighted by molar-refractivity contribution is 5.79. The molecule has 3 unspecified atom stereocenters. The lowest BCUT2D eigenvalue weighted by Crippen LogP contribution is -2.46. The van der Waals surface area contributed by atoms with Crippen LogP contribution in [0.4, 0.5) is 5.82 Å². The fraction of sp³-hybridized carbons (Fsp3) is 0.500. The third-order valence-electron chi connectivity index (χ3n) is 6.82. The van der Waals surface area contributed by atoms with Gasteiger partial charge in [0.2, 0.25) is 0 Å². The van der Waals surface area contributed by atoms with E-state index in [1.165, 1.54) is 22.1 Å². The normalized spacial score (nSPS) is 24.2. The quantitative estimate of drug-likeness (QED) is 0.570. The predicted octanol–water partition coefficient (Wildman–Crippen LogP) is 2.96. The van der Waals surface area contributed by atoms with Crippen molar-refractivity contribution in [3.05, 3.63) is 58.5 Å². The van der Waals surface area contributed by atoms with Gasteiger partial charge in [0.05, 0.1) is 12.1 Å². The van der Waals surface area contributed by atoms with E-state index in [1.54, 1.807) is 6.07 Å². The Morgan fingerprint density at radius 1 is 1.10 bits per heavy atom. The summed E-state index contributed by atoms with van der Waals surface area (Å²) in [5, 5.41) is 19.8. The summed E-state index contributed by atoms with van der Waals surface area (Å²) < 4.78 is 1.53. The Bertz CT molecular complexity index is 1090. The first kappa shape index (κ1) is 20.3. The number of hydrogen-bond donors (Lipinski definition) is 3. The average Bonchev–Trinajstić information content (AvgIpc) is 3.43. The lowest BCUT2D eigenvalue weighted by molar-refractivity contribution is 0.127. The zero-order valence-electron chi connectivity index (χ0n) is 17.8. The molecule has 1 aliphatic carbocycles. The van der Waals surface area contributed by atoms with E-state index < -0.39 is 6.10 Å². The first-order chi connectivity index (χ1) is 15.2. The van der Waals surface area contributed by atoms with E-state index in [4.69, 9.17) is 5.10 Å². The van der Waals surface area contributed by atoms with Crippen LogP contribution in [0.25, 0.3) is 10.9 Å². The number of aromatic amines is 1. The maximum atomic E-state index is 12.4. The highest BCUT2D eigenvalue weighted by Crippen LogP contribution is 2.29. The van der Waals surface area contributed by atoms with Crippen molar-refractivity contribution < 1.29 is 5.11 Å². The molecule has 7 heteroatoms. The number of hydrogen-bond acceptors (Lipinski definition) is 5. The minimum atomic E-state index is -0.475. The molecule has 3 heterocycles. The van der Waals surface area contributed by atoms with Crippen LogP contribution in [0.2, 0.25) is 0 Å². The van der Waals surface area contributed by atoms with E-state index in [2.05, 4.69) is 39.5 Å². The first-order valence-electron chi connectivity index (χ1n) is 11.5. The minimum absolute atomic E-state index is 0.124. The molecule has 1 saturated heterocycles. The minimum Gasteiger partial charge on any atom is -0.391 e. The van der Waals surface area contributed by atoms with Crippen LogP contribution in [-0.4, -0.2) is 45.1 Å². The first-order valence-corrected chi connectivity index (χ1v) is 11.5. The van der Waals surface area contributed by atoms with Gasteiger partial charge in [0, 0.05) is 43.5 Å². The van der Waals surface area contributed by atoms with Gasteiger partial charge in [-0.3, -0.25) is 4.79 Å². The molecule has 2 aliphatic rings. The molecule has 1 saturated carbocycles. The van der Waals surface area contributed by atoms with Gasteiger partial charge < -0.3 is 20.3 Å². The van der Waals surface area contributed by atoms with Crippen LogP contribution in [0.1, 0.15) is 50.1 Å². The van der Waals surface area contributed by atoms with Gasteiger partial charge >= 0.3 is 0 Å². The van der Waals surface area contributed by atoms with Gasteiger partial charge in [-0.15, -0.1) is 0 Å². The summed E-state index contributed by atoms with van der Waals surface area (Å²) in [4.78, 5) is 18.0. The Labute approximate surface area is 182 Å². The van der Waals surface area contributed by atoms with E-state index >= 15 is 0 Å². The molecule has 0 bridgehead atoms. The molecule has 3 N–H and O–H groups in total. The highest BCUT2D eigenvalue weighted by Gasteiger charge is 2.30. The summed E-state index contributed by atoms with van der Waals surface area (Å²) in [6.45, 7) is 2.64. The molecule has 3 aromatic rings. The molecule has 0 amide bonds. The fourth-order valence-electron chi connectivity index (χ4n) is 5.12. The van der Waals surface area contributed by atoms with Gasteiger partial charge in [-0.25, -0.2) is 4.68 Å². The number of aliphatic hydroxyl groups is 1. The zero-order valence-corrected chi connectivity index (χ0v) is 17.8. The van der Waals surface area contributed by atoms with Gasteiger partial charge in [-0.1, -0.05) is 6.07 Å². The number of nitrogens with zero attached hydrogens (tertiary/aromatic N) is 3. The van der Waals surface area contributed by atoms with Gasteiger partial charge in [-0.05, 0) is 73.7 Å². The largest absolute Gasteiger partial charge is 0.391 e. The molecule has 2 aromatic heterocycles. The van der Waals surface area contributed by atoms with Crippen LogP contribution in [-0.2, 0) is 6.54 Å². The smallest absolute Gasteiger partial charge is 0.267 e. The number of piperidine rings is 1. The van der Waals surface area contributed by atoms with Crippen molar-refractivity contribution in [3.8, 4) is 0 Å². The maximum Gasteiger partial charge on any atom is 0.267 e. The van der Waals surface area contributed by atoms with Gasteiger partial charge in [-0.2, -0.15) is 5.10 Å². The van der Waals surface area contributed by atoms with Crippen LogP contribution < -0.4 is 15.8 Å². The molecule has 164 valence electrons. The van der Waals surface area contributed by atoms with Crippen LogP contribution in [0.3, 0.4) is 0 Å². The number of H-pyrrole nitrogens is 1. The van der Waals surface area contributed by atoms with Crippen molar-refractivity contribution in [2.24, 2.45) is 0 Å². The van der Waals surface area contributed by atoms with Crippen molar-refractivity contribution >= 4 is 16.7 Å². The van der Waals surface area contributed by atoms with Crippen molar-refractivity contribution in [1.82, 2.24) is 20.1 Å². The van der Waals surface area contributed by atoms with Crippen LogP contribution in [0.15, 0.2) is 47.4 Å². The molecule has 5 rings (SSSR count). The second-order valence-corrected chi connectivity index (χ2v) is 8.91. The van der Waals surface area contributed by atoms with E-state index in [9.17, 15) is 9.90 Å². The molecular formula is C24H31N5O2. The van der Waals surface area contributed by atoms with Gasteiger partial charge in [0.25, 0.3) is 5.56 Å². The van der Waals surface area contributed by atoms with Crippen LogP contribution in [0, 0.1) is 0 Å². The number of aromatic nitrogens is 3. The van der Waals surface area contributed by atoms with Crippen molar-refractivity contribution in [3.63, 3.8) is 0 Å². The summed E-state index contributed by atoms with van der Waals surface area (Å²) in [5.74, 6) is 0.846. The van der Waals surface area contributed by atoms with Crippen LogP contribution >= 0.6 is 0 Å². The molecule has 3 atom stereocenters. The molecule has 1 aromatic carbocycles. The second kappa shape index (κ2) is 8.85. The summed E-state index contributed by atoms with van der Waals surface area (Å²) in [7, 11) is 0. The number of benzene rings is 1.